The summed E-state index contributed by atoms with van der Waals surface area (Å²) in [6.07, 6.45) is -1.32. The molecule has 3 atom stereocenters. The van der Waals surface area contributed by atoms with Crippen molar-refractivity contribution < 1.29 is 23.7 Å². The summed E-state index contributed by atoms with van der Waals surface area (Å²) in [5, 5.41) is 19.1. The molecule has 3 nitrogen and oxygen atoms in total. The highest BCUT2D eigenvalue weighted by Gasteiger charge is 2.52. The molecular weight excluding hydrogens is 350 g/mol. The summed E-state index contributed by atoms with van der Waals surface area (Å²) in [6, 6.07) is 12.4. The summed E-state index contributed by atoms with van der Waals surface area (Å²) in [5.41, 5.74) is 7.06. The van der Waals surface area contributed by atoms with E-state index in [1.54, 1.807) is 0 Å². The van der Waals surface area contributed by atoms with Gasteiger partial charge in [-0.3, -0.25) is 0 Å². The summed E-state index contributed by atoms with van der Waals surface area (Å²) in [4.78, 5) is 0. The number of aliphatic hydroxyl groups is 2. The monoisotopic (exact) mass is 374 g/mol. The summed E-state index contributed by atoms with van der Waals surface area (Å²) < 4.78 is 33.3. The van der Waals surface area contributed by atoms with E-state index in [0.29, 0.717) is 0 Å². The van der Waals surface area contributed by atoms with Crippen LogP contribution < -0.4 is 0 Å². The van der Waals surface area contributed by atoms with Gasteiger partial charge in [0.05, 0.1) is 12.7 Å². The van der Waals surface area contributed by atoms with Crippen molar-refractivity contribution in [2.45, 2.75) is 56.8 Å². The van der Waals surface area contributed by atoms with Gasteiger partial charge in [0.1, 0.15) is 12.2 Å². The third-order valence-corrected chi connectivity index (χ3v) is 5.88. The van der Waals surface area contributed by atoms with Crippen LogP contribution >= 0.6 is 0 Å². The second kappa shape index (κ2) is 6.97. The predicted molar refractivity (Wildman–Crippen MR) is 98.1 cm³/mol. The minimum Gasteiger partial charge on any atom is -0.393 e. The molecule has 0 spiro atoms. The SMILES string of the molecule is Cc1ccc(C2CC(O)C(F)(F)C(CO)O2)cc1Cc1ccc2c(c1)CC2. The minimum atomic E-state index is -3.44. The fourth-order valence-corrected chi connectivity index (χ4v) is 3.96. The van der Waals surface area contributed by atoms with Gasteiger partial charge in [-0.25, -0.2) is 8.78 Å². The number of alkyl halides is 2. The molecule has 144 valence electrons. The molecule has 1 heterocycles. The van der Waals surface area contributed by atoms with E-state index in [9.17, 15) is 19.0 Å². The third-order valence-electron chi connectivity index (χ3n) is 5.88. The molecule has 0 saturated carbocycles. The second-order valence-electron chi connectivity index (χ2n) is 7.69. The normalized spacial score (nSPS) is 26.3. The first-order chi connectivity index (χ1) is 12.9. The van der Waals surface area contributed by atoms with E-state index in [0.717, 1.165) is 36.0 Å². The van der Waals surface area contributed by atoms with Crippen LogP contribution in [-0.2, 0) is 24.0 Å². The first kappa shape index (κ1) is 18.5. The number of fused-ring (bicyclic) bond motifs is 1. The lowest BCUT2D eigenvalue weighted by atomic mass is 9.85. The molecule has 1 aliphatic heterocycles. The molecular formula is C22H24F2O3. The summed E-state index contributed by atoms with van der Waals surface area (Å²) in [7, 11) is 0. The van der Waals surface area contributed by atoms with Crippen molar-refractivity contribution in [3.8, 4) is 0 Å². The zero-order chi connectivity index (χ0) is 19.2. The van der Waals surface area contributed by atoms with E-state index in [4.69, 9.17) is 4.74 Å². The molecule has 1 fully saturated rings. The van der Waals surface area contributed by atoms with E-state index in [1.165, 1.54) is 16.7 Å². The van der Waals surface area contributed by atoms with Crippen molar-refractivity contribution in [1.29, 1.82) is 0 Å². The Morgan fingerprint density at radius 1 is 1.11 bits per heavy atom. The van der Waals surface area contributed by atoms with Crippen molar-refractivity contribution in [2.24, 2.45) is 0 Å². The van der Waals surface area contributed by atoms with Gasteiger partial charge < -0.3 is 14.9 Å². The number of hydrogen-bond acceptors (Lipinski definition) is 3. The van der Waals surface area contributed by atoms with Gasteiger partial charge in [0.15, 0.2) is 0 Å². The Morgan fingerprint density at radius 3 is 2.56 bits per heavy atom. The Morgan fingerprint density at radius 2 is 1.89 bits per heavy atom. The quantitative estimate of drug-likeness (QED) is 0.861. The number of ether oxygens (including phenoxy) is 1. The first-order valence-electron chi connectivity index (χ1n) is 9.40. The zero-order valence-electron chi connectivity index (χ0n) is 15.3. The van der Waals surface area contributed by atoms with Crippen LogP contribution in [0.25, 0.3) is 0 Å². The molecule has 0 amide bonds. The molecule has 0 bridgehead atoms. The first-order valence-corrected chi connectivity index (χ1v) is 9.40. The molecule has 3 unspecified atom stereocenters. The summed E-state index contributed by atoms with van der Waals surface area (Å²) in [6.45, 7) is 1.20. The van der Waals surface area contributed by atoms with Gasteiger partial charge in [-0.1, -0.05) is 36.4 Å². The maximum Gasteiger partial charge on any atom is 0.301 e. The van der Waals surface area contributed by atoms with Crippen LogP contribution in [0.5, 0.6) is 0 Å². The maximum atomic E-state index is 13.9. The Balaban J connectivity index is 1.57. The minimum absolute atomic E-state index is 0.190. The fraction of sp³-hybridized carbons (Fsp3) is 0.455. The van der Waals surface area contributed by atoms with Gasteiger partial charge in [-0.2, -0.15) is 0 Å². The van der Waals surface area contributed by atoms with Crippen molar-refractivity contribution in [2.75, 3.05) is 6.61 Å². The molecule has 2 aliphatic rings. The van der Waals surface area contributed by atoms with Crippen LogP contribution in [0.1, 0.15) is 45.9 Å². The average molecular weight is 374 g/mol. The number of aryl methyl sites for hydroxylation is 3. The molecule has 27 heavy (non-hydrogen) atoms. The predicted octanol–water partition coefficient (Wildman–Crippen LogP) is 3.50. The lowest BCUT2D eigenvalue weighted by Gasteiger charge is -2.39. The third kappa shape index (κ3) is 3.40. The van der Waals surface area contributed by atoms with Crippen LogP contribution in [0.4, 0.5) is 8.78 Å². The number of aliphatic hydroxyl groups excluding tert-OH is 2. The number of halogens is 2. The van der Waals surface area contributed by atoms with Crippen LogP contribution in [0, 0.1) is 6.92 Å². The van der Waals surface area contributed by atoms with Crippen LogP contribution in [0.3, 0.4) is 0 Å². The highest BCUT2D eigenvalue weighted by molar-refractivity contribution is 5.42. The van der Waals surface area contributed by atoms with Crippen LogP contribution in [-0.4, -0.2) is 35.0 Å². The molecule has 1 saturated heterocycles. The second-order valence-corrected chi connectivity index (χ2v) is 7.69. The van der Waals surface area contributed by atoms with Crippen molar-refractivity contribution in [3.05, 3.63) is 69.8 Å². The molecule has 5 heteroatoms. The van der Waals surface area contributed by atoms with Crippen molar-refractivity contribution >= 4 is 0 Å². The maximum absolute atomic E-state index is 13.9. The Hall–Kier alpha value is -1.82. The van der Waals surface area contributed by atoms with Gasteiger partial charge in [0.25, 0.3) is 0 Å². The molecule has 1 aliphatic carbocycles. The summed E-state index contributed by atoms with van der Waals surface area (Å²) >= 11 is 0. The van der Waals surface area contributed by atoms with E-state index in [2.05, 4.69) is 18.2 Å². The van der Waals surface area contributed by atoms with E-state index < -0.39 is 30.8 Å². The van der Waals surface area contributed by atoms with E-state index >= 15 is 0 Å². The van der Waals surface area contributed by atoms with Crippen LogP contribution in [0.2, 0.25) is 0 Å². The van der Waals surface area contributed by atoms with Gasteiger partial charge in [-0.15, -0.1) is 0 Å². The van der Waals surface area contributed by atoms with Gasteiger partial charge in [0, 0.05) is 6.42 Å². The fourth-order valence-electron chi connectivity index (χ4n) is 3.96. The molecule has 0 aromatic heterocycles. The van der Waals surface area contributed by atoms with Gasteiger partial charge in [0.2, 0.25) is 0 Å². The Labute approximate surface area is 157 Å². The zero-order valence-corrected chi connectivity index (χ0v) is 15.3. The molecule has 2 aromatic carbocycles. The van der Waals surface area contributed by atoms with Crippen molar-refractivity contribution in [3.63, 3.8) is 0 Å². The smallest absolute Gasteiger partial charge is 0.301 e. The Kier molecular flexibility index (Phi) is 4.78. The van der Waals surface area contributed by atoms with E-state index in [-0.39, 0.29) is 6.42 Å². The van der Waals surface area contributed by atoms with Crippen LogP contribution in [0.15, 0.2) is 36.4 Å². The molecule has 0 radical (unpaired) electrons. The molecule has 2 aromatic rings. The Bertz CT molecular complexity index is 849. The highest BCUT2D eigenvalue weighted by Crippen LogP contribution is 2.40. The van der Waals surface area contributed by atoms with E-state index in [1.807, 2.05) is 25.1 Å². The lowest BCUT2D eigenvalue weighted by molar-refractivity contribution is -0.259. The van der Waals surface area contributed by atoms with Crippen molar-refractivity contribution in [1.82, 2.24) is 0 Å². The van der Waals surface area contributed by atoms with Gasteiger partial charge in [-0.05, 0) is 59.6 Å². The largest absolute Gasteiger partial charge is 0.393 e. The highest BCUT2D eigenvalue weighted by atomic mass is 19.3. The summed E-state index contributed by atoms with van der Waals surface area (Å²) in [5.74, 6) is -3.44. The average Bonchev–Trinajstić information content (AvgIpc) is 2.61. The number of rotatable bonds is 4. The topological polar surface area (TPSA) is 49.7 Å². The molecule has 4 rings (SSSR count). The number of benzene rings is 2. The standard InChI is InChI=1S/C22H24F2O3/c1-13-2-4-17(19-11-20(26)22(23,24)21(12-25)27-19)10-18(13)9-14-3-5-15-6-7-16(15)8-14/h2-5,8,10,19-21,25-26H,6-7,9,11-12H2,1H3. The lowest BCUT2D eigenvalue weighted by Crippen LogP contribution is -2.53. The number of hydrogen-bond donors (Lipinski definition) is 2. The molecule has 2 N–H and O–H groups in total. The van der Waals surface area contributed by atoms with Gasteiger partial charge >= 0.3 is 5.92 Å².